The average molecular weight is 291 g/mol. The van der Waals surface area contributed by atoms with Crippen molar-refractivity contribution >= 4 is 5.97 Å². The summed E-state index contributed by atoms with van der Waals surface area (Å²) in [5, 5.41) is 8.66. The fourth-order valence-corrected chi connectivity index (χ4v) is 2.58. The number of hydrogen-bond donors (Lipinski definition) is 1. The van der Waals surface area contributed by atoms with E-state index in [1.54, 1.807) is 0 Å². The number of aliphatic carboxylic acids is 1. The van der Waals surface area contributed by atoms with E-state index < -0.39 is 5.97 Å². The molecule has 0 spiro atoms. The molecule has 1 aromatic carbocycles. The Bertz CT molecular complexity index is 436. The van der Waals surface area contributed by atoms with Crippen LogP contribution in [0.15, 0.2) is 24.3 Å². The summed E-state index contributed by atoms with van der Waals surface area (Å²) >= 11 is 0. The van der Waals surface area contributed by atoms with Crippen molar-refractivity contribution in [2.75, 3.05) is 26.2 Å². The van der Waals surface area contributed by atoms with Gasteiger partial charge in [-0.2, -0.15) is 0 Å². The molecule has 1 N–H and O–H groups in total. The smallest absolute Gasteiger partial charge is 0.303 e. The molecule has 0 unspecified atom stereocenters. The van der Waals surface area contributed by atoms with Crippen molar-refractivity contribution in [2.24, 2.45) is 5.92 Å². The number of carbonyl (C=O) groups is 1. The van der Waals surface area contributed by atoms with Gasteiger partial charge in [-0.25, -0.2) is 0 Å². The van der Waals surface area contributed by atoms with Gasteiger partial charge in [-0.3, -0.25) is 9.69 Å². The SMILES string of the molecule is CC1CCN(CCOc2ccc(CCC(=O)O)cc2)CC1. The Labute approximate surface area is 126 Å². The Balaban J connectivity index is 1.67. The number of carboxylic acid groups (broad SMARTS) is 1. The van der Waals surface area contributed by atoms with Gasteiger partial charge in [0.2, 0.25) is 0 Å². The van der Waals surface area contributed by atoms with Crippen molar-refractivity contribution in [1.29, 1.82) is 0 Å². The second-order valence-electron chi connectivity index (χ2n) is 5.91. The van der Waals surface area contributed by atoms with E-state index in [0.29, 0.717) is 13.0 Å². The van der Waals surface area contributed by atoms with E-state index >= 15 is 0 Å². The number of ether oxygens (including phenoxy) is 1. The molecule has 21 heavy (non-hydrogen) atoms. The summed E-state index contributed by atoms with van der Waals surface area (Å²) in [6.45, 7) is 6.37. The summed E-state index contributed by atoms with van der Waals surface area (Å²) in [6.07, 6.45) is 3.33. The summed E-state index contributed by atoms with van der Waals surface area (Å²) in [7, 11) is 0. The van der Waals surface area contributed by atoms with Crippen LogP contribution in [0.3, 0.4) is 0 Å². The van der Waals surface area contributed by atoms with Crippen molar-refractivity contribution in [3.8, 4) is 5.75 Å². The van der Waals surface area contributed by atoms with Gasteiger partial charge in [0.25, 0.3) is 0 Å². The Morgan fingerprint density at radius 3 is 2.57 bits per heavy atom. The van der Waals surface area contributed by atoms with E-state index in [4.69, 9.17) is 9.84 Å². The molecule has 1 saturated heterocycles. The first-order valence-electron chi connectivity index (χ1n) is 7.79. The number of piperidine rings is 1. The van der Waals surface area contributed by atoms with Crippen LogP contribution in [0, 0.1) is 5.92 Å². The minimum atomic E-state index is -0.758. The Morgan fingerprint density at radius 2 is 1.95 bits per heavy atom. The van der Waals surface area contributed by atoms with Gasteiger partial charge in [-0.15, -0.1) is 0 Å². The molecule has 4 heteroatoms. The van der Waals surface area contributed by atoms with Gasteiger partial charge in [0.15, 0.2) is 0 Å². The number of benzene rings is 1. The number of rotatable bonds is 7. The normalized spacial score (nSPS) is 16.8. The number of nitrogens with zero attached hydrogens (tertiary/aromatic N) is 1. The first-order chi connectivity index (χ1) is 10.1. The number of aryl methyl sites for hydroxylation is 1. The van der Waals surface area contributed by atoms with Crippen molar-refractivity contribution in [1.82, 2.24) is 4.90 Å². The zero-order valence-corrected chi connectivity index (χ0v) is 12.8. The summed E-state index contributed by atoms with van der Waals surface area (Å²) in [4.78, 5) is 13.0. The molecule has 1 heterocycles. The summed E-state index contributed by atoms with van der Waals surface area (Å²) in [5.74, 6) is 0.964. The molecule has 2 rings (SSSR count). The highest BCUT2D eigenvalue weighted by atomic mass is 16.5. The second kappa shape index (κ2) is 8.03. The third kappa shape index (κ3) is 5.76. The average Bonchev–Trinajstić information content (AvgIpc) is 2.48. The maximum Gasteiger partial charge on any atom is 0.303 e. The largest absolute Gasteiger partial charge is 0.492 e. The molecule has 1 fully saturated rings. The van der Waals surface area contributed by atoms with Crippen LogP contribution >= 0.6 is 0 Å². The quantitative estimate of drug-likeness (QED) is 0.839. The predicted molar refractivity (Wildman–Crippen MR) is 82.7 cm³/mol. The van der Waals surface area contributed by atoms with Crippen LogP contribution in [0.4, 0.5) is 0 Å². The van der Waals surface area contributed by atoms with Crippen molar-refractivity contribution in [2.45, 2.75) is 32.6 Å². The molecule has 1 aliphatic heterocycles. The first kappa shape index (κ1) is 15.8. The number of likely N-dealkylation sites (tertiary alicyclic amines) is 1. The standard InChI is InChI=1S/C17H25NO3/c1-14-8-10-18(11-9-14)12-13-21-16-5-2-15(3-6-16)4-7-17(19)20/h2-3,5-6,14H,4,7-13H2,1H3,(H,19,20). The van der Waals surface area contributed by atoms with E-state index in [0.717, 1.165) is 23.8 Å². The molecule has 0 radical (unpaired) electrons. The minimum absolute atomic E-state index is 0.174. The van der Waals surface area contributed by atoms with Gasteiger partial charge in [0.05, 0.1) is 0 Å². The predicted octanol–water partition coefficient (Wildman–Crippen LogP) is 2.81. The minimum Gasteiger partial charge on any atom is -0.492 e. The summed E-state index contributed by atoms with van der Waals surface area (Å²) in [6, 6.07) is 7.74. The third-order valence-corrected chi connectivity index (χ3v) is 4.10. The maximum atomic E-state index is 10.5. The molecular formula is C17H25NO3. The number of carboxylic acids is 1. The van der Waals surface area contributed by atoms with Gasteiger partial charge in [0.1, 0.15) is 12.4 Å². The molecule has 0 saturated carbocycles. The molecular weight excluding hydrogens is 266 g/mol. The molecule has 1 aromatic rings. The topological polar surface area (TPSA) is 49.8 Å². The van der Waals surface area contributed by atoms with E-state index in [1.165, 1.54) is 25.9 Å². The van der Waals surface area contributed by atoms with Crippen molar-refractivity contribution in [3.63, 3.8) is 0 Å². The van der Waals surface area contributed by atoms with Gasteiger partial charge in [0, 0.05) is 13.0 Å². The molecule has 1 aliphatic rings. The Hall–Kier alpha value is -1.55. The van der Waals surface area contributed by atoms with E-state index in [1.807, 2.05) is 24.3 Å². The fraction of sp³-hybridized carbons (Fsp3) is 0.588. The van der Waals surface area contributed by atoms with E-state index in [9.17, 15) is 4.79 Å². The monoisotopic (exact) mass is 291 g/mol. The van der Waals surface area contributed by atoms with Gasteiger partial charge < -0.3 is 9.84 Å². The lowest BCUT2D eigenvalue weighted by atomic mass is 9.99. The summed E-state index contributed by atoms with van der Waals surface area (Å²) in [5.41, 5.74) is 1.04. The second-order valence-corrected chi connectivity index (χ2v) is 5.91. The lowest BCUT2D eigenvalue weighted by Gasteiger charge is -2.29. The molecule has 0 aliphatic carbocycles. The van der Waals surface area contributed by atoms with E-state index in [-0.39, 0.29) is 6.42 Å². The summed E-state index contributed by atoms with van der Waals surface area (Å²) < 4.78 is 5.76. The zero-order chi connectivity index (χ0) is 15.1. The van der Waals surface area contributed by atoms with Crippen LogP contribution in [-0.2, 0) is 11.2 Å². The highest BCUT2D eigenvalue weighted by Crippen LogP contribution is 2.16. The maximum absolute atomic E-state index is 10.5. The molecule has 116 valence electrons. The lowest BCUT2D eigenvalue weighted by molar-refractivity contribution is -0.136. The zero-order valence-electron chi connectivity index (χ0n) is 12.8. The van der Waals surface area contributed by atoms with Crippen LogP contribution in [0.25, 0.3) is 0 Å². The van der Waals surface area contributed by atoms with Crippen molar-refractivity contribution < 1.29 is 14.6 Å². The van der Waals surface area contributed by atoms with Crippen LogP contribution < -0.4 is 4.74 Å². The lowest BCUT2D eigenvalue weighted by Crippen LogP contribution is -2.35. The first-order valence-corrected chi connectivity index (χ1v) is 7.79. The third-order valence-electron chi connectivity index (χ3n) is 4.10. The van der Waals surface area contributed by atoms with Crippen molar-refractivity contribution in [3.05, 3.63) is 29.8 Å². The Morgan fingerprint density at radius 1 is 1.29 bits per heavy atom. The van der Waals surface area contributed by atoms with Gasteiger partial charge in [-0.1, -0.05) is 19.1 Å². The molecule has 0 bridgehead atoms. The molecule has 4 nitrogen and oxygen atoms in total. The molecule has 0 atom stereocenters. The highest BCUT2D eigenvalue weighted by Gasteiger charge is 2.14. The number of hydrogen-bond acceptors (Lipinski definition) is 3. The molecule has 0 amide bonds. The van der Waals surface area contributed by atoms with Crippen LogP contribution in [0.5, 0.6) is 5.75 Å². The van der Waals surface area contributed by atoms with Gasteiger partial charge >= 0.3 is 5.97 Å². The fourth-order valence-electron chi connectivity index (χ4n) is 2.58. The van der Waals surface area contributed by atoms with Crippen LogP contribution in [-0.4, -0.2) is 42.2 Å². The highest BCUT2D eigenvalue weighted by molar-refractivity contribution is 5.67. The van der Waals surface area contributed by atoms with E-state index in [2.05, 4.69) is 11.8 Å². The van der Waals surface area contributed by atoms with Crippen LogP contribution in [0.2, 0.25) is 0 Å². The Kier molecular flexibility index (Phi) is 6.05. The van der Waals surface area contributed by atoms with Gasteiger partial charge in [-0.05, 0) is 56.0 Å². The molecule has 0 aromatic heterocycles. The van der Waals surface area contributed by atoms with Crippen LogP contribution in [0.1, 0.15) is 31.7 Å².